The summed E-state index contributed by atoms with van der Waals surface area (Å²) >= 11 is 0. The van der Waals surface area contributed by atoms with Crippen LogP contribution in [0.2, 0.25) is 0 Å². The highest BCUT2D eigenvalue weighted by molar-refractivity contribution is 5.56. The van der Waals surface area contributed by atoms with Crippen LogP contribution >= 0.6 is 0 Å². The van der Waals surface area contributed by atoms with Gasteiger partial charge in [-0.25, -0.2) is 9.97 Å². The molecule has 4 nitrogen and oxygen atoms in total. The molecule has 0 radical (unpaired) electrons. The van der Waals surface area contributed by atoms with Crippen LogP contribution in [0.25, 0.3) is 0 Å². The van der Waals surface area contributed by atoms with E-state index >= 15 is 0 Å². The van der Waals surface area contributed by atoms with Crippen molar-refractivity contribution in [2.75, 3.05) is 23.7 Å². The summed E-state index contributed by atoms with van der Waals surface area (Å²) in [6, 6.07) is 0. The fraction of sp³-hybridized carbons (Fsp3) is 0.692. The van der Waals surface area contributed by atoms with Crippen molar-refractivity contribution in [3.05, 3.63) is 11.9 Å². The number of nitrogens with zero attached hydrogens (tertiary/aromatic N) is 2. The Labute approximate surface area is 117 Å². The summed E-state index contributed by atoms with van der Waals surface area (Å²) in [6.45, 7) is 5.24. The van der Waals surface area contributed by atoms with Crippen LogP contribution < -0.4 is 10.6 Å². The Morgan fingerprint density at radius 3 is 2.20 bits per heavy atom. The van der Waals surface area contributed by atoms with Crippen LogP contribution in [0.5, 0.6) is 0 Å². The van der Waals surface area contributed by atoms with Gasteiger partial charge in [-0.1, -0.05) is 6.92 Å². The van der Waals surface area contributed by atoms with Gasteiger partial charge in [0.05, 0.1) is 0 Å². The minimum Gasteiger partial charge on any atom is -0.370 e. The third-order valence-corrected chi connectivity index (χ3v) is 2.81. The van der Waals surface area contributed by atoms with Crippen LogP contribution in [0, 0.1) is 6.92 Å². The fourth-order valence-electron chi connectivity index (χ4n) is 1.71. The number of unbranched alkanes of at least 4 members (excludes halogenated alkanes) is 1. The Morgan fingerprint density at radius 1 is 1.05 bits per heavy atom. The van der Waals surface area contributed by atoms with E-state index in [9.17, 15) is 13.2 Å². The molecule has 0 amide bonds. The first-order chi connectivity index (χ1) is 9.44. The number of anilines is 2. The van der Waals surface area contributed by atoms with Gasteiger partial charge in [-0.05, 0) is 26.2 Å². The van der Waals surface area contributed by atoms with Crippen LogP contribution in [0.15, 0.2) is 6.33 Å². The molecule has 114 valence electrons. The predicted molar refractivity (Wildman–Crippen MR) is 73.9 cm³/mol. The molecule has 0 atom stereocenters. The van der Waals surface area contributed by atoms with E-state index in [1.54, 1.807) is 0 Å². The molecule has 0 aliphatic carbocycles. The zero-order valence-electron chi connectivity index (χ0n) is 11.8. The fourth-order valence-corrected chi connectivity index (χ4v) is 1.71. The lowest BCUT2D eigenvalue weighted by Crippen LogP contribution is -2.11. The maximum atomic E-state index is 12.0. The molecule has 0 saturated carbocycles. The Kier molecular flexibility index (Phi) is 6.54. The number of alkyl halides is 3. The van der Waals surface area contributed by atoms with Gasteiger partial charge in [-0.3, -0.25) is 0 Å². The second-order valence-corrected chi connectivity index (χ2v) is 4.62. The molecule has 1 rings (SSSR count). The Bertz CT molecular complexity index is 407. The molecular formula is C13H21F3N4. The van der Waals surface area contributed by atoms with Crippen molar-refractivity contribution in [2.45, 2.75) is 45.7 Å². The van der Waals surface area contributed by atoms with E-state index in [-0.39, 0.29) is 6.42 Å². The van der Waals surface area contributed by atoms with E-state index in [0.29, 0.717) is 18.8 Å². The van der Waals surface area contributed by atoms with E-state index in [4.69, 9.17) is 0 Å². The summed E-state index contributed by atoms with van der Waals surface area (Å²) in [5, 5.41) is 6.24. The van der Waals surface area contributed by atoms with E-state index in [0.717, 1.165) is 24.3 Å². The number of hydrogen-bond donors (Lipinski definition) is 2. The van der Waals surface area contributed by atoms with Gasteiger partial charge in [0.25, 0.3) is 0 Å². The zero-order chi connectivity index (χ0) is 15.0. The molecule has 1 aromatic rings. The van der Waals surface area contributed by atoms with Gasteiger partial charge in [0.1, 0.15) is 18.0 Å². The monoisotopic (exact) mass is 290 g/mol. The average Bonchev–Trinajstić information content (AvgIpc) is 2.37. The third-order valence-electron chi connectivity index (χ3n) is 2.81. The maximum absolute atomic E-state index is 12.0. The molecule has 1 heterocycles. The van der Waals surface area contributed by atoms with Crippen LogP contribution in [-0.4, -0.2) is 29.2 Å². The number of halogens is 3. The average molecular weight is 290 g/mol. The number of hydrogen-bond acceptors (Lipinski definition) is 4. The zero-order valence-corrected chi connectivity index (χ0v) is 11.8. The SMILES string of the molecule is CCCNc1ncnc(NCCCCC(F)(F)F)c1C. The van der Waals surface area contributed by atoms with Gasteiger partial charge in [0, 0.05) is 25.1 Å². The summed E-state index contributed by atoms with van der Waals surface area (Å²) in [5.74, 6) is 1.44. The lowest BCUT2D eigenvalue weighted by atomic mass is 10.2. The molecule has 1 aromatic heterocycles. The van der Waals surface area contributed by atoms with E-state index in [1.165, 1.54) is 6.33 Å². The summed E-state index contributed by atoms with van der Waals surface area (Å²) < 4.78 is 36.0. The molecular weight excluding hydrogens is 269 g/mol. The minimum atomic E-state index is -4.07. The Morgan fingerprint density at radius 2 is 1.65 bits per heavy atom. The van der Waals surface area contributed by atoms with E-state index in [1.807, 2.05) is 6.92 Å². The predicted octanol–water partition coefficient (Wildman–Crippen LogP) is 3.75. The molecule has 2 N–H and O–H groups in total. The molecule has 0 aliphatic heterocycles. The first kappa shape index (κ1) is 16.5. The van der Waals surface area contributed by atoms with Crippen molar-refractivity contribution in [2.24, 2.45) is 0 Å². The van der Waals surface area contributed by atoms with Gasteiger partial charge >= 0.3 is 6.18 Å². The summed E-state index contributed by atoms with van der Waals surface area (Å²) in [7, 11) is 0. The Hall–Kier alpha value is -1.53. The summed E-state index contributed by atoms with van der Waals surface area (Å²) in [4.78, 5) is 8.25. The normalized spacial score (nSPS) is 11.4. The molecule has 0 fully saturated rings. The number of nitrogens with one attached hydrogen (secondary N) is 2. The van der Waals surface area contributed by atoms with Crippen LogP contribution in [-0.2, 0) is 0 Å². The number of rotatable bonds is 8. The first-order valence-corrected chi connectivity index (χ1v) is 6.80. The lowest BCUT2D eigenvalue weighted by molar-refractivity contribution is -0.135. The van der Waals surface area contributed by atoms with Gasteiger partial charge < -0.3 is 10.6 Å². The summed E-state index contributed by atoms with van der Waals surface area (Å²) in [5.41, 5.74) is 0.886. The largest absolute Gasteiger partial charge is 0.389 e. The molecule has 0 bridgehead atoms. The standard InChI is InChI=1S/C13H21F3N4/c1-3-7-17-11-10(2)12(20-9-19-11)18-8-5-4-6-13(14,15)16/h9H,3-8H2,1-2H3,(H2,17,18,19,20). The van der Waals surface area contributed by atoms with Crippen LogP contribution in [0.4, 0.5) is 24.8 Å². The van der Waals surface area contributed by atoms with Crippen molar-refractivity contribution >= 4 is 11.6 Å². The minimum absolute atomic E-state index is 0.127. The molecule has 7 heteroatoms. The molecule has 20 heavy (non-hydrogen) atoms. The second kappa shape index (κ2) is 7.91. The number of aromatic nitrogens is 2. The van der Waals surface area contributed by atoms with Crippen molar-refractivity contribution in [1.29, 1.82) is 0 Å². The first-order valence-electron chi connectivity index (χ1n) is 6.80. The second-order valence-electron chi connectivity index (χ2n) is 4.62. The molecule has 0 saturated heterocycles. The van der Waals surface area contributed by atoms with Crippen molar-refractivity contribution < 1.29 is 13.2 Å². The molecule has 0 aliphatic rings. The highest BCUT2D eigenvalue weighted by atomic mass is 19.4. The topological polar surface area (TPSA) is 49.8 Å². The van der Waals surface area contributed by atoms with Gasteiger partial charge in [0.15, 0.2) is 0 Å². The highest BCUT2D eigenvalue weighted by Gasteiger charge is 2.25. The van der Waals surface area contributed by atoms with E-state index < -0.39 is 12.6 Å². The van der Waals surface area contributed by atoms with Gasteiger partial charge in [0.2, 0.25) is 0 Å². The van der Waals surface area contributed by atoms with Crippen molar-refractivity contribution in [1.82, 2.24) is 9.97 Å². The smallest absolute Gasteiger partial charge is 0.370 e. The van der Waals surface area contributed by atoms with Crippen molar-refractivity contribution in [3.8, 4) is 0 Å². The molecule has 0 unspecified atom stereocenters. The Balaban J connectivity index is 2.40. The van der Waals surface area contributed by atoms with Gasteiger partial charge in [-0.2, -0.15) is 13.2 Å². The molecule has 0 spiro atoms. The quantitative estimate of drug-likeness (QED) is 0.716. The maximum Gasteiger partial charge on any atom is 0.389 e. The highest BCUT2D eigenvalue weighted by Crippen LogP contribution is 2.22. The van der Waals surface area contributed by atoms with Crippen molar-refractivity contribution in [3.63, 3.8) is 0 Å². The van der Waals surface area contributed by atoms with E-state index in [2.05, 4.69) is 27.5 Å². The van der Waals surface area contributed by atoms with Crippen LogP contribution in [0.1, 0.15) is 38.2 Å². The van der Waals surface area contributed by atoms with Gasteiger partial charge in [-0.15, -0.1) is 0 Å². The third kappa shape index (κ3) is 6.08. The summed E-state index contributed by atoms with van der Waals surface area (Å²) in [6.07, 6.45) is -1.78. The van der Waals surface area contributed by atoms with Crippen LogP contribution in [0.3, 0.4) is 0 Å². The lowest BCUT2D eigenvalue weighted by Gasteiger charge is -2.12. The molecule has 0 aromatic carbocycles.